The summed E-state index contributed by atoms with van der Waals surface area (Å²) >= 11 is 0. The first-order chi connectivity index (χ1) is 15.8. The van der Waals surface area contributed by atoms with Crippen molar-refractivity contribution in [1.29, 1.82) is 0 Å². The van der Waals surface area contributed by atoms with Gasteiger partial charge in [0.25, 0.3) is 0 Å². The number of carbonyl (C=O) groups excluding carboxylic acids is 1. The molecule has 0 aliphatic carbocycles. The van der Waals surface area contributed by atoms with Crippen molar-refractivity contribution in [2.45, 2.75) is 77.2 Å². The van der Waals surface area contributed by atoms with Gasteiger partial charge in [-0.05, 0) is 72.8 Å². The second-order valence-corrected chi connectivity index (χ2v) is 10.6. The van der Waals surface area contributed by atoms with Crippen LogP contribution in [0.25, 0.3) is 0 Å². The lowest BCUT2D eigenvalue weighted by Crippen LogP contribution is -2.38. The summed E-state index contributed by atoms with van der Waals surface area (Å²) in [4.78, 5) is 14.7. The predicted octanol–water partition coefficient (Wildman–Crippen LogP) is 5.30. The van der Waals surface area contributed by atoms with Crippen molar-refractivity contribution in [3.05, 3.63) is 64.7 Å². The van der Waals surface area contributed by atoms with Gasteiger partial charge in [-0.25, -0.2) is 0 Å². The minimum absolute atomic E-state index is 0.227. The lowest BCUT2D eigenvalue weighted by molar-refractivity contribution is -0.132. The summed E-state index contributed by atoms with van der Waals surface area (Å²) in [5, 5.41) is 9.12. The van der Waals surface area contributed by atoms with Crippen molar-refractivity contribution in [3.8, 4) is 5.75 Å². The second-order valence-electron chi connectivity index (χ2n) is 10.6. The van der Waals surface area contributed by atoms with E-state index in [1.165, 1.54) is 22.3 Å². The predicted molar refractivity (Wildman–Crippen MR) is 133 cm³/mol. The van der Waals surface area contributed by atoms with Crippen LogP contribution >= 0.6 is 0 Å². The highest BCUT2D eigenvalue weighted by Crippen LogP contribution is 2.38. The van der Waals surface area contributed by atoms with Gasteiger partial charge in [-0.3, -0.25) is 4.79 Å². The van der Waals surface area contributed by atoms with Gasteiger partial charge in [-0.2, -0.15) is 0 Å². The molecule has 0 bridgehead atoms. The third-order valence-corrected chi connectivity index (χ3v) is 7.40. The number of aliphatic hydroxyl groups excluding tert-OH is 1. The SMILES string of the molecule is CC(C)c1ccc(C[C@@]2(C)Cc3cc(CCC(=O)N4CCC(CCO)CC4)ccc3O2)cc1. The summed E-state index contributed by atoms with van der Waals surface area (Å²) in [6.07, 6.45) is 6.01. The van der Waals surface area contributed by atoms with Gasteiger partial charge < -0.3 is 14.7 Å². The number of likely N-dealkylation sites (tertiary alicyclic amines) is 1. The zero-order chi connectivity index (χ0) is 23.4. The van der Waals surface area contributed by atoms with Gasteiger partial charge in [0.1, 0.15) is 11.4 Å². The third kappa shape index (κ3) is 5.97. The van der Waals surface area contributed by atoms with E-state index in [-0.39, 0.29) is 18.1 Å². The van der Waals surface area contributed by atoms with E-state index < -0.39 is 0 Å². The fourth-order valence-corrected chi connectivity index (χ4v) is 5.34. The Bertz CT molecular complexity index is 944. The average Bonchev–Trinajstić information content (AvgIpc) is 3.13. The molecule has 1 amide bonds. The third-order valence-electron chi connectivity index (χ3n) is 7.40. The van der Waals surface area contributed by atoms with E-state index in [9.17, 15) is 4.79 Å². The van der Waals surface area contributed by atoms with Crippen molar-refractivity contribution in [2.24, 2.45) is 5.92 Å². The molecule has 0 radical (unpaired) electrons. The minimum atomic E-state index is -0.227. The number of carbonyl (C=O) groups is 1. The molecular weight excluding hydrogens is 410 g/mol. The summed E-state index contributed by atoms with van der Waals surface area (Å²) in [5.41, 5.74) is 4.92. The highest BCUT2D eigenvalue weighted by atomic mass is 16.5. The fraction of sp³-hybridized carbons (Fsp3) is 0.552. The van der Waals surface area contributed by atoms with Gasteiger partial charge in [-0.1, -0.05) is 50.2 Å². The number of hydrogen-bond acceptors (Lipinski definition) is 3. The molecule has 2 aromatic rings. The molecule has 0 aromatic heterocycles. The molecule has 4 heteroatoms. The van der Waals surface area contributed by atoms with Crippen LogP contribution in [-0.2, 0) is 24.1 Å². The van der Waals surface area contributed by atoms with Gasteiger partial charge >= 0.3 is 0 Å². The number of benzene rings is 2. The molecule has 4 rings (SSSR count). The summed E-state index contributed by atoms with van der Waals surface area (Å²) in [7, 11) is 0. The molecule has 0 spiro atoms. The molecule has 1 saturated heterocycles. The molecule has 4 nitrogen and oxygen atoms in total. The van der Waals surface area contributed by atoms with Crippen molar-refractivity contribution < 1.29 is 14.6 Å². The Hall–Kier alpha value is -2.33. The van der Waals surface area contributed by atoms with Crippen LogP contribution in [0.15, 0.2) is 42.5 Å². The molecule has 0 unspecified atom stereocenters. The van der Waals surface area contributed by atoms with Crippen LogP contribution in [0.1, 0.15) is 74.6 Å². The van der Waals surface area contributed by atoms with E-state index in [2.05, 4.69) is 63.2 Å². The first-order valence-corrected chi connectivity index (χ1v) is 12.6. The molecule has 2 aliphatic rings. The molecule has 33 heavy (non-hydrogen) atoms. The number of amides is 1. The standard InChI is InChI=1S/C29H39NO3/c1-21(2)25-8-4-24(5-9-25)19-29(3)20-26-18-23(6-10-27(26)33-29)7-11-28(32)30-15-12-22(13-16-30)14-17-31/h4-6,8-10,18,21-22,31H,7,11-17,19-20H2,1-3H3/t29-/m0/s1. The summed E-state index contributed by atoms with van der Waals surface area (Å²) < 4.78 is 6.39. The highest BCUT2D eigenvalue weighted by Gasteiger charge is 2.35. The minimum Gasteiger partial charge on any atom is -0.487 e. The van der Waals surface area contributed by atoms with E-state index in [1.807, 2.05) is 4.90 Å². The van der Waals surface area contributed by atoms with Crippen LogP contribution in [0.2, 0.25) is 0 Å². The number of fused-ring (bicyclic) bond motifs is 1. The smallest absolute Gasteiger partial charge is 0.222 e. The van der Waals surface area contributed by atoms with Crippen LogP contribution < -0.4 is 4.74 Å². The van der Waals surface area contributed by atoms with Gasteiger partial charge in [0.15, 0.2) is 0 Å². The van der Waals surface area contributed by atoms with E-state index >= 15 is 0 Å². The maximum atomic E-state index is 12.7. The zero-order valence-electron chi connectivity index (χ0n) is 20.5. The molecule has 1 fully saturated rings. The zero-order valence-corrected chi connectivity index (χ0v) is 20.5. The second kappa shape index (κ2) is 10.3. The van der Waals surface area contributed by atoms with Crippen molar-refractivity contribution >= 4 is 5.91 Å². The Labute approximate surface area is 199 Å². The van der Waals surface area contributed by atoms with Crippen molar-refractivity contribution in [1.82, 2.24) is 4.90 Å². The number of ether oxygens (including phenoxy) is 1. The highest BCUT2D eigenvalue weighted by molar-refractivity contribution is 5.76. The number of aliphatic hydroxyl groups is 1. The van der Waals surface area contributed by atoms with Crippen LogP contribution in [0.4, 0.5) is 0 Å². The van der Waals surface area contributed by atoms with E-state index in [1.54, 1.807) is 0 Å². The Balaban J connectivity index is 1.30. The molecule has 2 aliphatic heterocycles. The quantitative estimate of drug-likeness (QED) is 0.595. The molecule has 1 N–H and O–H groups in total. The van der Waals surface area contributed by atoms with Crippen LogP contribution in [0.5, 0.6) is 5.75 Å². The Kier molecular flexibility index (Phi) is 7.43. The molecule has 2 heterocycles. The fourth-order valence-electron chi connectivity index (χ4n) is 5.34. The number of piperidine rings is 1. The summed E-state index contributed by atoms with van der Waals surface area (Å²) in [6, 6.07) is 15.4. The average molecular weight is 450 g/mol. The van der Waals surface area contributed by atoms with Gasteiger partial charge in [0, 0.05) is 39.0 Å². The van der Waals surface area contributed by atoms with Crippen LogP contribution in [0.3, 0.4) is 0 Å². The monoisotopic (exact) mass is 449 g/mol. The largest absolute Gasteiger partial charge is 0.487 e. The summed E-state index contributed by atoms with van der Waals surface area (Å²) in [5.74, 6) is 2.35. The Morgan fingerprint density at radius 2 is 1.82 bits per heavy atom. The summed E-state index contributed by atoms with van der Waals surface area (Å²) in [6.45, 7) is 8.56. The maximum absolute atomic E-state index is 12.7. The van der Waals surface area contributed by atoms with Gasteiger partial charge in [0.2, 0.25) is 5.91 Å². The molecule has 0 saturated carbocycles. The normalized spacial score (nSPS) is 20.7. The van der Waals surface area contributed by atoms with Crippen LogP contribution in [0, 0.1) is 5.92 Å². The molecule has 2 aromatic carbocycles. The molecule has 178 valence electrons. The van der Waals surface area contributed by atoms with E-state index in [4.69, 9.17) is 9.84 Å². The Morgan fingerprint density at radius 1 is 1.12 bits per heavy atom. The number of nitrogens with zero attached hydrogens (tertiary/aromatic N) is 1. The first kappa shape index (κ1) is 23.8. The van der Waals surface area contributed by atoms with Crippen molar-refractivity contribution in [2.75, 3.05) is 19.7 Å². The molecule has 1 atom stereocenters. The Morgan fingerprint density at radius 3 is 2.48 bits per heavy atom. The van der Waals surface area contributed by atoms with E-state index in [0.29, 0.717) is 18.3 Å². The van der Waals surface area contributed by atoms with Crippen molar-refractivity contribution in [3.63, 3.8) is 0 Å². The molecular formula is C29H39NO3. The maximum Gasteiger partial charge on any atom is 0.222 e. The number of hydrogen-bond donors (Lipinski definition) is 1. The number of rotatable bonds is 8. The number of aryl methyl sites for hydroxylation is 1. The van der Waals surface area contributed by atoms with Gasteiger partial charge in [-0.15, -0.1) is 0 Å². The van der Waals surface area contributed by atoms with Crippen LogP contribution in [-0.4, -0.2) is 41.2 Å². The first-order valence-electron chi connectivity index (χ1n) is 12.6. The topological polar surface area (TPSA) is 49.8 Å². The van der Waals surface area contributed by atoms with E-state index in [0.717, 1.165) is 57.4 Å². The lowest BCUT2D eigenvalue weighted by Gasteiger charge is -2.31. The van der Waals surface area contributed by atoms with Gasteiger partial charge in [0.05, 0.1) is 0 Å². The lowest BCUT2D eigenvalue weighted by atomic mass is 9.90.